The first kappa shape index (κ1) is 13.0. The molecule has 1 aromatic rings. The largest absolute Gasteiger partial charge is 0.444 e. The molecule has 4 heteroatoms. The molecule has 17 heavy (non-hydrogen) atoms. The first-order valence-corrected chi connectivity index (χ1v) is 5.36. The van der Waals surface area contributed by atoms with Crippen LogP contribution >= 0.6 is 0 Å². The highest BCUT2D eigenvalue weighted by Gasteiger charge is 2.19. The smallest absolute Gasteiger partial charge is 0.408 e. The minimum Gasteiger partial charge on any atom is -0.444 e. The van der Waals surface area contributed by atoms with Crippen molar-refractivity contribution in [2.24, 2.45) is 0 Å². The predicted octanol–water partition coefficient (Wildman–Crippen LogP) is 2.78. The van der Waals surface area contributed by atoms with Gasteiger partial charge in [0.1, 0.15) is 11.6 Å². The molecule has 1 rings (SSSR count). The molecule has 0 saturated heterocycles. The number of amides is 1. The number of nitrogens with one attached hydrogen (secondary N) is 1. The van der Waals surface area contributed by atoms with Gasteiger partial charge < -0.3 is 10.1 Å². The second-order valence-electron chi connectivity index (χ2n) is 4.62. The highest BCUT2D eigenvalue weighted by molar-refractivity contribution is 5.69. The molecule has 1 amide bonds. The van der Waals surface area contributed by atoms with Gasteiger partial charge in [-0.1, -0.05) is 30.3 Å². The minimum absolute atomic E-state index is 0.569. The highest BCUT2D eigenvalue weighted by Crippen LogP contribution is 2.13. The van der Waals surface area contributed by atoms with E-state index in [-0.39, 0.29) is 0 Å². The Morgan fingerprint density at radius 1 is 1.35 bits per heavy atom. The Morgan fingerprint density at radius 2 is 1.94 bits per heavy atom. The lowest BCUT2D eigenvalue weighted by molar-refractivity contribution is 0.0515. The molecular weight excluding hydrogens is 216 g/mol. The van der Waals surface area contributed by atoms with Crippen LogP contribution in [0.3, 0.4) is 0 Å². The molecule has 1 N–H and O–H groups in total. The first-order valence-electron chi connectivity index (χ1n) is 5.36. The van der Waals surface area contributed by atoms with Crippen molar-refractivity contribution >= 4 is 6.09 Å². The van der Waals surface area contributed by atoms with Gasteiger partial charge in [-0.05, 0) is 26.3 Å². The van der Waals surface area contributed by atoms with E-state index in [0.29, 0.717) is 0 Å². The summed E-state index contributed by atoms with van der Waals surface area (Å²) < 4.78 is 5.09. The molecule has 0 aliphatic heterocycles. The van der Waals surface area contributed by atoms with E-state index < -0.39 is 17.7 Å². The minimum atomic E-state index is -0.689. The number of carbonyl (C=O) groups excluding carboxylic acids is 1. The van der Waals surface area contributed by atoms with Crippen molar-refractivity contribution in [1.82, 2.24) is 5.32 Å². The molecule has 90 valence electrons. The number of alkyl carbamates (subject to hydrolysis) is 1. The second kappa shape index (κ2) is 5.35. The van der Waals surface area contributed by atoms with Crippen LogP contribution < -0.4 is 5.32 Å². The fraction of sp³-hybridized carbons (Fsp3) is 0.385. The van der Waals surface area contributed by atoms with Gasteiger partial charge in [-0.3, -0.25) is 0 Å². The third kappa shape index (κ3) is 4.56. The molecule has 1 atom stereocenters. The topological polar surface area (TPSA) is 62.1 Å². The number of nitrogens with zero attached hydrogens (tertiary/aromatic N) is 1. The zero-order chi connectivity index (χ0) is 12.9. The van der Waals surface area contributed by atoms with Crippen molar-refractivity contribution in [3.05, 3.63) is 35.9 Å². The molecule has 0 fully saturated rings. The summed E-state index contributed by atoms with van der Waals surface area (Å²) in [5, 5.41) is 11.5. The molecule has 0 saturated carbocycles. The Bertz CT molecular complexity index is 415. The van der Waals surface area contributed by atoms with Gasteiger partial charge >= 0.3 is 6.09 Å². The molecule has 0 aromatic heterocycles. The fourth-order valence-electron chi connectivity index (χ4n) is 1.26. The van der Waals surface area contributed by atoms with Crippen LogP contribution in [-0.2, 0) is 4.74 Å². The number of hydrogen-bond donors (Lipinski definition) is 1. The van der Waals surface area contributed by atoms with Crippen LogP contribution in [0.15, 0.2) is 30.3 Å². The number of rotatable bonds is 2. The summed E-state index contributed by atoms with van der Waals surface area (Å²) in [7, 11) is 0. The van der Waals surface area contributed by atoms with E-state index in [1.807, 2.05) is 24.3 Å². The fourth-order valence-corrected chi connectivity index (χ4v) is 1.26. The summed E-state index contributed by atoms with van der Waals surface area (Å²) in [5.74, 6) is 0. The molecule has 0 unspecified atom stereocenters. The monoisotopic (exact) mass is 232 g/mol. The van der Waals surface area contributed by atoms with Crippen molar-refractivity contribution in [1.29, 1.82) is 5.26 Å². The molecule has 0 heterocycles. The van der Waals surface area contributed by atoms with Gasteiger partial charge in [-0.2, -0.15) is 5.26 Å². The molecular formula is C13H16N2O2. The predicted molar refractivity (Wildman–Crippen MR) is 64.2 cm³/mol. The summed E-state index contributed by atoms with van der Waals surface area (Å²) in [6.45, 7) is 5.32. The Hall–Kier alpha value is -2.02. The van der Waals surface area contributed by atoms with Gasteiger partial charge in [-0.15, -0.1) is 0 Å². The average Bonchev–Trinajstić information content (AvgIpc) is 2.24. The normalized spacial score (nSPS) is 12.4. The van der Waals surface area contributed by atoms with E-state index >= 15 is 0 Å². The lowest BCUT2D eigenvalue weighted by atomic mass is 10.1. The van der Waals surface area contributed by atoms with Gasteiger partial charge in [0.05, 0.1) is 6.07 Å². The van der Waals surface area contributed by atoms with Crippen LogP contribution in [0.1, 0.15) is 32.4 Å². The van der Waals surface area contributed by atoms with Crippen LogP contribution in [0, 0.1) is 11.3 Å². The van der Waals surface area contributed by atoms with Crippen LogP contribution in [0.5, 0.6) is 0 Å². The molecule has 0 spiro atoms. The molecule has 0 bridgehead atoms. The SMILES string of the molecule is CC(C)(C)OC(=O)N[C@@H](C#N)c1ccccc1. The Balaban J connectivity index is 2.67. The number of hydrogen-bond acceptors (Lipinski definition) is 3. The summed E-state index contributed by atoms with van der Waals surface area (Å²) in [6, 6.07) is 10.4. The van der Waals surface area contributed by atoms with E-state index in [4.69, 9.17) is 10.00 Å². The molecule has 0 aliphatic carbocycles. The maximum Gasteiger partial charge on any atom is 0.408 e. The molecule has 4 nitrogen and oxygen atoms in total. The summed E-state index contributed by atoms with van der Waals surface area (Å²) in [6.07, 6.45) is -0.590. The first-order chi connectivity index (χ1) is 7.92. The quantitative estimate of drug-likeness (QED) is 0.852. The van der Waals surface area contributed by atoms with Gasteiger partial charge in [0, 0.05) is 0 Å². The summed E-state index contributed by atoms with van der Waals surface area (Å²) in [4.78, 5) is 11.5. The Labute approximate surface area is 101 Å². The van der Waals surface area contributed by atoms with Gasteiger partial charge in [0.15, 0.2) is 0 Å². The van der Waals surface area contributed by atoms with E-state index in [0.717, 1.165) is 5.56 Å². The van der Waals surface area contributed by atoms with Crippen molar-refractivity contribution in [2.45, 2.75) is 32.4 Å². The third-order valence-corrected chi connectivity index (χ3v) is 1.92. The van der Waals surface area contributed by atoms with Crippen molar-refractivity contribution in [3.63, 3.8) is 0 Å². The zero-order valence-corrected chi connectivity index (χ0v) is 10.2. The number of ether oxygens (including phenoxy) is 1. The summed E-state index contributed by atoms with van der Waals surface area (Å²) in [5.41, 5.74) is 0.168. The zero-order valence-electron chi connectivity index (χ0n) is 10.2. The number of carbonyl (C=O) groups is 1. The average molecular weight is 232 g/mol. The van der Waals surface area contributed by atoms with Gasteiger partial charge in [0.2, 0.25) is 0 Å². The number of benzene rings is 1. The van der Waals surface area contributed by atoms with Crippen LogP contribution in [0.2, 0.25) is 0 Å². The number of nitriles is 1. The second-order valence-corrected chi connectivity index (χ2v) is 4.62. The molecule has 1 aromatic carbocycles. The van der Waals surface area contributed by atoms with Crippen LogP contribution in [0.25, 0.3) is 0 Å². The summed E-state index contributed by atoms with van der Waals surface area (Å²) >= 11 is 0. The molecule has 0 radical (unpaired) electrons. The Kier molecular flexibility index (Phi) is 4.11. The van der Waals surface area contributed by atoms with Crippen molar-refractivity contribution < 1.29 is 9.53 Å². The van der Waals surface area contributed by atoms with Crippen molar-refractivity contribution in [3.8, 4) is 6.07 Å². The third-order valence-electron chi connectivity index (χ3n) is 1.92. The van der Waals surface area contributed by atoms with E-state index in [9.17, 15) is 4.79 Å². The van der Waals surface area contributed by atoms with Gasteiger partial charge in [0.25, 0.3) is 0 Å². The standard InChI is InChI=1S/C13H16N2O2/c1-13(2,3)17-12(16)15-11(9-14)10-7-5-4-6-8-10/h4-8,11H,1-3H3,(H,15,16)/t11-/m0/s1. The van der Waals surface area contributed by atoms with E-state index in [1.54, 1.807) is 32.9 Å². The van der Waals surface area contributed by atoms with E-state index in [1.165, 1.54) is 0 Å². The maximum absolute atomic E-state index is 11.5. The van der Waals surface area contributed by atoms with Crippen molar-refractivity contribution in [2.75, 3.05) is 0 Å². The Morgan fingerprint density at radius 3 is 2.41 bits per heavy atom. The van der Waals surface area contributed by atoms with Crippen LogP contribution in [0.4, 0.5) is 4.79 Å². The lowest BCUT2D eigenvalue weighted by Crippen LogP contribution is -2.34. The van der Waals surface area contributed by atoms with E-state index in [2.05, 4.69) is 5.32 Å². The maximum atomic E-state index is 11.5. The van der Waals surface area contributed by atoms with Gasteiger partial charge in [-0.25, -0.2) is 4.79 Å². The molecule has 0 aliphatic rings. The highest BCUT2D eigenvalue weighted by atomic mass is 16.6. The lowest BCUT2D eigenvalue weighted by Gasteiger charge is -2.21. The van der Waals surface area contributed by atoms with Crippen LogP contribution in [-0.4, -0.2) is 11.7 Å².